The molecular formula is C41H35N5O6S. The number of rotatable bonds is 12. The van der Waals surface area contributed by atoms with Crippen LogP contribution in [0.3, 0.4) is 0 Å². The van der Waals surface area contributed by atoms with Crippen LogP contribution in [0.15, 0.2) is 149 Å². The van der Waals surface area contributed by atoms with Crippen molar-refractivity contribution in [2.24, 2.45) is 5.10 Å². The SMILES string of the molecule is COc1ccc(/C=C(/NC(=O)c2ccccc2)C(=O)Nc2cccc(SC(C(=O)NC3=NN(c4ccccc4)C(=O)C3)c3ccccc3)c2)cc1OC. The Balaban J connectivity index is 1.23. The van der Waals surface area contributed by atoms with Crippen LogP contribution in [0.2, 0.25) is 0 Å². The lowest BCUT2D eigenvalue weighted by atomic mass is 10.1. The summed E-state index contributed by atoms with van der Waals surface area (Å²) in [5.41, 5.74) is 2.73. The van der Waals surface area contributed by atoms with Crippen molar-refractivity contribution < 1.29 is 28.7 Å². The molecule has 1 unspecified atom stereocenters. The van der Waals surface area contributed by atoms with Crippen LogP contribution in [0.1, 0.15) is 33.2 Å². The molecule has 12 heteroatoms. The summed E-state index contributed by atoms with van der Waals surface area (Å²) in [5.74, 6) is -0.432. The minimum absolute atomic E-state index is 0.0119. The third-order valence-electron chi connectivity index (χ3n) is 7.98. The van der Waals surface area contributed by atoms with E-state index in [4.69, 9.17) is 9.47 Å². The smallest absolute Gasteiger partial charge is 0.272 e. The zero-order valence-electron chi connectivity index (χ0n) is 28.8. The van der Waals surface area contributed by atoms with E-state index in [2.05, 4.69) is 21.1 Å². The zero-order valence-corrected chi connectivity index (χ0v) is 29.6. The molecule has 1 atom stereocenters. The number of methoxy groups -OCH3 is 2. The second-order valence-electron chi connectivity index (χ2n) is 11.6. The van der Waals surface area contributed by atoms with E-state index in [1.165, 1.54) is 31.0 Å². The van der Waals surface area contributed by atoms with Crippen molar-refractivity contribution in [1.82, 2.24) is 10.6 Å². The largest absolute Gasteiger partial charge is 0.493 e. The first-order chi connectivity index (χ1) is 25.8. The van der Waals surface area contributed by atoms with Crippen LogP contribution >= 0.6 is 11.8 Å². The van der Waals surface area contributed by atoms with Gasteiger partial charge >= 0.3 is 0 Å². The zero-order chi connectivity index (χ0) is 37.2. The van der Waals surface area contributed by atoms with Crippen LogP contribution in [-0.4, -0.2) is 43.7 Å². The van der Waals surface area contributed by atoms with Crippen molar-refractivity contribution >= 4 is 58.7 Å². The van der Waals surface area contributed by atoms with Gasteiger partial charge in [0.25, 0.3) is 17.7 Å². The summed E-state index contributed by atoms with van der Waals surface area (Å²) in [6.07, 6.45) is 1.50. The van der Waals surface area contributed by atoms with Gasteiger partial charge in [0.2, 0.25) is 5.91 Å². The van der Waals surface area contributed by atoms with Gasteiger partial charge in [-0.3, -0.25) is 19.2 Å². The molecule has 0 radical (unpaired) electrons. The normalized spacial score (nSPS) is 13.1. The number of benzene rings is 5. The number of hydrogen-bond acceptors (Lipinski definition) is 8. The molecule has 0 saturated heterocycles. The number of para-hydroxylation sites is 1. The maximum Gasteiger partial charge on any atom is 0.272 e. The van der Waals surface area contributed by atoms with Gasteiger partial charge in [-0.15, -0.1) is 11.8 Å². The molecule has 0 saturated carbocycles. The first-order valence-corrected chi connectivity index (χ1v) is 17.4. The fourth-order valence-corrected chi connectivity index (χ4v) is 6.50. The highest BCUT2D eigenvalue weighted by Crippen LogP contribution is 2.37. The summed E-state index contributed by atoms with van der Waals surface area (Å²) in [4.78, 5) is 54.2. The van der Waals surface area contributed by atoms with E-state index in [1.807, 2.05) is 54.6 Å². The summed E-state index contributed by atoms with van der Waals surface area (Å²) in [6, 6.07) is 39.0. The minimum atomic E-state index is -0.726. The number of anilines is 2. The molecule has 4 amide bonds. The topological polar surface area (TPSA) is 138 Å². The molecule has 1 heterocycles. The monoisotopic (exact) mass is 725 g/mol. The molecule has 11 nitrogen and oxygen atoms in total. The third kappa shape index (κ3) is 9.18. The Bertz CT molecular complexity index is 2180. The van der Waals surface area contributed by atoms with Crippen molar-refractivity contribution in [3.8, 4) is 11.5 Å². The van der Waals surface area contributed by atoms with E-state index < -0.39 is 17.1 Å². The molecule has 0 bridgehead atoms. The van der Waals surface area contributed by atoms with Gasteiger partial charge in [0.15, 0.2) is 11.5 Å². The molecule has 5 aromatic rings. The number of carbonyl (C=O) groups excluding carboxylic acids is 4. The fourth-order valence-electron chi connectivity index (χ4n) is 5.41. The lowest BCUT2D eigenvalue weighted by Gasteiger charge is -2.17. The Morgan fingerprint density at radius 3 is 2.15 bits per heavy atom. The Hall–Kier alpha value is -6.66. The second kappa shape index (κ2) is 17.0. The minimum Gasteiger partial charge on any atom is -0.493 e. The predicted molar refractivity (Wildman–Crippen MR) is 206 cm³/mol. The number of carbonyl (C=O) groups is 4. The Morgan fingerprint density at radius 2 is 1.45 bits per heavy atom. The van der Waals surface area contributed by atoms with Crippen molar-refractivity contribution in [3.63, 3.8) is 0 Å². The number of thioether (sulfide) groups is 1. The number of amidine groups is 1. The summed E-state index contributed by atoms with van der Waals surface area (Å²) in [6.45, 7) is 0. The Labute approximate surface area is 310 Å². The molecule has 53 heavy (non-hydrogen) atoms. The number of amides is 4. The van der Waals surface area contributed by atoms with Crippen LogP contribution in [0, 0.1) is 0 Å². The molecule has 266 valence electrons. The van der Waals surface area contributed by atoms with Gasteiger partial charge in [-0.1, -0.05) is 78.9 Å². The highest BCUT2D eigenvalue weighted by molar-refractivity contribution is 8.00. The maximum absolute atomic E-state index is 13.8. The number of nitrogens with zero attached hydrogens (tertiary/aromatic N) is 2. The van der Waals surface area contributed by atoms with Crippen molar-refractivity contribution in [2.75, 3.05) is 24.5 Å². The number of hydrogen-bond donors (Lipinski definition) is 3. The molecule has 1 aliphatic rings. The lowest BCUT2D eigenvalue weighted by Crippen LogP contribution is -2.33. The average Bonchev–Trinajstić information content (AvgIpc) is 3.56. The summed E-state index contributed by atoms with van der Waals surface area (Å²) in [5, 5.41) is 13.4. The van der Waals surface area contributed by atoms with Gasteiger partial charge in [-0.2, -0.15) is 10.1 Å². The van der Waals surface area contributed by atoms with E-state index in [1.54, 1.807) is 84.9 Å². The van der Waals surface area contributed by atoms with Gasteiger partial charge in [-0.05, 0) is 71.8 Å². The van der Waals surface area contributed by atoms with E-state index >= 15 is 0 Å². The third-order valence-corrected chi connectivity index (χ3v) is 9.23. The first-order valence-electron chi connectivity index (χ1n) is 16.5. The Morgan fingerprint density at radius 1 is 0.774 bits per heavy atom. The molecule has 1 aliphatic heterocycles. The number of nitrogens with one attached hydrogen (secondary N) is 3. The van der Waals surface area contributed by atoms with E-state index in [-0.39, 0.29) is 29.8 Å². The van der Waals surface area contributed by atoms with Crippen LogP contribution in [0.5, 0.6) is 11.5 Å². The summed E-state index contributed by atoms with van der Waals surface area (Å²) >= 11 is 1.27. The average molecular weight is 726 g/mol. The highest BCUT2D eigenvalue weighted by atomic mass is 32.2. The molecule has 0 aromatic heterocycles. The lowest BCUT2D eigenvalue weighted by molar-refractivity contribution is -0.119. The van der Waals surface area contributed by atoms with Crippen molar-refractivity contribution in [3.05, 3.63) is 156 Å². The fraction of sp³-hybridized carbons (Fsp3) is 0.0976. The molecular weight excluding hydrogens is 691 g/mol. The second-order valence-corrected chi connectivity index (χ2v) is 12.8. The standard InChI is InChI=1S/C41H35N5O6S/c1-51-34-22-21-27(24-35(34)52-2)23-33(43-39(48)29-15-8-4-9-16-29)40(49)42-30-17-12-20-32(25-30)53-38(28-13-6-3-7-14-28)41(50)44-36-26-37(47)46(45-36)31-18-10-5-11-19-31/h3-25,38H,26H2,1-2H3,(H,42,49)(H,43,48)(H,44,45,50)/b33-23+. The predicted octanol–water partition coefficient (Wildman–Crippen LogP) is 6.81. The quantitative estimate of drug-likeness (QED) is 0.0949. The van der Waals surface area contributed by atoms with Crippen molar-refractivity contribution in [2.45, 2.75) is 16.6 Å². The van der Waals surface area contributed by atoms with Crippen LogP contribution in [-0.2, 0) is 14.4 Å². The summed E-state index contributed by atoms with van der Waals surface area (Å²) < 4.78 is 10.8. The van der Waals surface area contributed by atoms with Crippen LogP contribution in [0.25, 0.3) is 6.08 Å². The van der Waals surface area contributed by atoms with Gasteiger partial charge in [0, 0.05) is 16.1 Å². The Kier molecular flexibility index (Phi) is 11.6. The van der Waals surface area contributed by atoms with Gasteiger partial charge < -0.3 is 25.4 Å². The first kappa shape index (κ1) is 36.1. The molecule has 0 fully saturated rings. The van der Waals surface area contributed by atoms with E-state index in [0.29, 0.717) is 38.9 Å². The van der Waals surface area contributed by atoms with Gasteiger partial charge in [0.05, 0.1) is 26.3 Å². The van der Waals surface area contributed by atoms with Gasteiger partial charge in [-0.25, -0.2) is 0 Å². The molecule has 0 spiro atoms. The van der Waals surface area contributed by atoms with Gasteiger partial charge in [0.1, 0.15) is 16.8 Å². The molecule has 0 aliphatic carbocycles. The highest BCUT2D eigenvalue weighted by Gasteiger charge is 2.30. The van der Waals surface area contributed by atoms with Crippen molar-refractivity contribution in [1.29, 1.82) is 0 Å². The molecule has 6 rings (SSSR count). The van der Waals surface area contributed by atoms with E-state index in [0.717, 1.165) is 5.56 Å². The molecule has 3 N–H and O–H groups in total. The maximum atomic E-state index is 13.8. The van der Waals surface area contributed by atoms with Crippen LogP contribution < -0.4 is 30.4 Å². The summed E-state index contributed by atoms with van der Waals surface area (Å²) in [7, 11) is 3.04. The molecule has 5 aromatic carbocycles. The van der Waals surface area contributed by atoms with E-state index in [9.17, 15) is 19.2 Å². The van der Waals surface area contributed by atoms with Crippen LogP contribution in [0.4, 0.5) is 11.4 Å². The number of ether oxygens (including phenoxy) is 2. The number of hydrazone groups is 1.